The Morgan fingerprint density at radius 2 is 1.76 bits per heavy atom. The van der Waals surface area contributed by atoms with Crippen LogP contribution in [0.15, 0.2) is 29.6 Å². The van der Waals surface area contributed by atoms with E-state index < -0.39 is 12.3 Å². The van der Waals surface area contributed by atoms with Gasteiger partial charge in [-0.15, -0.1) is 24.5 Å². The zero-order valence-corrected chi connectivity index (χ0v) is 18.6. The first-order chi connectivity index (χ1) is 15.8. The van der Waals surface area contributed by atoms with E-state index in [-0.39, 0.29) is 30.6 Å². The van der Waals surface area contributed by atoms with Gasteiger partial charge in [0.05, 0.1) is 6.54 Å². The highest BCUT2D eigenvalue weighted by atomic mass is 32.1. The Bertz CT molecular complexity index is 915. The number of halogens is 3. The van der Waals surface area contributed by atoms with Crippen LogP contribution in [0.3, 0.4) is 0 Å². The number of piperidine rings is 1. The number of alkyl halides is 3. The van der Waals surface area contributed by atoms with Crippen LogP contribution in [0.1, 0.15) is 34.8 Å². The average molecular weight is 487 g/mol. The minimum absolute atomic E-state index is 0.131. The molecule has 0 atom stereocenters. The number of aromatic nitrogens is 1. The van der Waals surface area contributed by atoms with Crippen molar-refractivity contribution < 1.29 is 32.2 Å². The summed E-state index contributed by atoms with van der Waals surface area (Å²) in [7, 11) is 0. The Morgan fingerprint density at radius 1 is 1.06 bits per heavy atom. The second-order valence-electron chi connectivity index (χ2n) is 7.37. The molecule has 180 valence electrons. The van der Waals surface area contributed by atoms with Gasteiger partial charge < -0.3 is 25.0 Å². The lowest BCUT2D eigenvalue weighted by Crippen LogP contribution is -2.37. The quantitative estimate of drug-likeness (QED) is 0.537. The van der Waals surface area contributed by atoms with E-state index in [0.29, 0.717) is 17.2 Å². The molecule has 1 saturated heterocycles. The van der Waals surface area contributed by atoms with Crippen molar-refractivity contribution in [2.75, 3.05) is 32.8 Å². The van der Waals surface area contributed by atoms with Gasteiger partial charge in [-0.3, -0.25) is 9.59 Å². The maximum absolute atomic E-state index is 12.2. The summed E-state index contributed by atoms with van der Waals surface area (Å²) in [6, 6.07) is 4.72. The summed E-state index contributed by atoms with van der Waals surface area (Å²) in [6.45, 7) is 3.32. The smallest absolute Gasteiger partial charge is 0.484 e. The van der Waals surface area contributed by atoms with Crippen molar-refractivity contribution in [3.8, 4) is 11.5 Å². The summed E-state index contributed by atoms with van der Waals surface area (Å²) >= 11 is 1.26. The lowest BCUT2D eigenvalue weighted by Gasteiger charge is -2.26. The molecule has 2 heterocycles. The normalized spacial score (nSPS) is 14.5. The van der Waals surface area contributed by atoms with E-state index in [1.54, 1.807) is 5.38 Å². The Labute approximate surface area is 193 Å². The molecule has 1 aromatic heterocycles. The van der Waals surface area contributed by atoms with Crippen LogP contribution in [-0.4, -0.2) is 60.8 Å². The van der Waals surface area contributed by atoms with Crippen LogP contribution in [0, 0.1) is 0 Å². The van der Waals surface area contributed by atoms with Gasteiger partial charge in [0.25, 0.3) is 11.8 Å². The maximum atomic E-state index is 12.2. The molecule has 0 unspecified atom stereocenters. The highest BCUT2D eigenvalue weighted by Gasteiger charge is 2.31. The van der Waals surface area contributed by atoms with Crippen LogP contribution in [0.25, 0.3) is 0 Å². The molecule has 0 saturated carbocycles. The molecule has 3 rings (SSSR count). The predicted molar refractivity (Wildman–Crippen MR) is 115 cm³/mol. The fraction of sp³-hybridized carbons (Fsp3) is 0.476. The lowest BCUT2D eigenvalue weighted by atomic mass is 10.1. The molecular formula is C21H25F3N4O4S. The van der Waals surface area contributed by atoms with Crippen LogP contribution in [0.2, 0.25) is 0 Å². The van der Waals surface area contributed by atoms with Crippen molar-refractivity contribution in [2.24, 2.45) is 0 Å². The summed E-state index contributed by atoms with van der Waals surface area (Å²) in [5, 5.41) is 7.69. The van der Waals surface area contributed by atoms with Crippen molar-refractivity contribution in [3.05, 3.63) is 40.3 Å². The molecule has 12 heteroatoms. The number of amides is 2. The van der Waals surface area contributed by atoms with Gasteiger partial charge in [0.2, 0.25) is 0 Å². The third-order valence-electron chi connectivity index (χ3n) is 4.81. The van der Waals surface area contributed by atoms with Crippen LogP contribution in [0.5, 0.6) is 11.5 Å². The minimum atomic E-state index is -4.77. The van der Waals surface area contributed by atoms with Gasteiger partial charge in [0, 0.05) is 18.5 Å². The van der Waals surface area contributed by atoms with Crippen molar-refractivity contribution in [2.45, 2.75) is 32.2 Å². The second-order valence-corrected chi connectivity index (χ2v) is 8.31. The molecule has 0 radical (unpaired) electrons. The number of ether oxygens (including phenoxy) is 2. The molecule has 1 fully saturated rings. The molecule has 0 bridgehead atoms. The van der Waals surface area contributed by atoms with E-state index in [0.717, 1.165) is 31.8 Å². The fourth-order valence-electron chi connectivity index (χ4n) is 3.21. The van der Waals surface area contributed by atoms with E-state index in [4.69, 9.17) is 4.74 Å². The number of nitrogens with zero attached hydrogens (tertiary/aromatic N) is 2. The van der Waals surface area contributed by atoms with E-state index in [1.807, 2.05) is 0 Å². The molecule has 1 aliphatic heterocycles. The molecule has 33 heavy (non-hydrogen) atoms. The Kier molecular flexibility index (Phi) is 8.89. The summed E-state index contributed by atoms with van der Waals surface area (Å²) < 4.78 is 45.5. The number of nitrogens with one attached hydrogen (secondary N) is 2. The van der Waals surface area contributed by atoms with Gasteiger partial charge in [0.1, 0.15) is 22.2 Å². The van der Waals surface area contributed by atoms with Crippen molar-refractivity contribution in [3.63, 3.8) is 0 Å². The van der Waals surface area contributed by atoms with Gasteiger partial charge in [-0.2, -0.15) is 0 Å². The fourth-order valence-corrected chi connectivity index (χ4v) is 3.92. The molecule has 0 aliphatic carbocycles. The maximum Gasteiger partial charge on any atom is 0.573 e. The van der Waals surface area contributed by atoms with Crippen molar-refractivity contribution in [1.82, 2.24) is 20.5 Å². The third-order valence-corrected chi connectivity index (χ3v) is 5.66. The standard InChI is InChI=1S/C21H25F3N4O4S/c22-21(23,24)32-16-6-4-15(5-7-16)31-13-18(29)26-12-19-27-17(14-33-19)20(30)25-8-11-28-9-2-1-3-10-28/h4-7,14H,1-3,8-13H2,(H,25,30)(H,26,29). The van der Waals surface area contributed by atoms with Crippen LogP contribution < -0.4 is 20.1 Å². The van der Waals surface area contributed by atoms with Crippen LogP contribution >= 0.6 is 11.3 Å². The first-order valence-corrected chi connectivity index (χ1v) is 11.4. The van der Waals surface area contributed by atoms with Crippen molar-refractivity contribution in [1.29, 1.82) is 0 Å². The third kappa shape index (κ3) is 8.89. The molecule has 1 aliphatic rings. The number of carbonyl (C=O) groups is 2. The molecule has 1 aromatic carbocycles. The van der Waals surface area contributed by atoms with Crippen molar-refractivity contribution >= 4 is 23.2 Å². The van der Waals surface area contributed by atoms with Crippen LogP contribution in [-0.2, 0) is 11.3 Å². The number of hydrogen-bond donors (Lipinski definition) is 2. The van der Waals surface area contributed by atoms with E-state index in [9.17, 15) is 22.8 Å². The first kappa shape index (κ1) is 24.8. The van der Waals surface area contributed by atoms with Crippen LogP contribution in [0.4, 0.5) is 13.2 Å². The largest absolute Gasteiger partial charge is 0.573 e. The van der Waals surface area contributed by atoms with Gasteiger partial charge in [-0.25, -0.2) is 4.98 Å². The lowest BCUT2D eigenvalue weighted by molar-refractivity contribution is -0.274. The Balaban J connectivity index is 1.34. The van der Waals surface area contributed by atoms with Gasteiger partial charge in [0.15, 0.2) is 6.61 Å². The highest BCUT2D eigenvalue weighted by Crippen LogP contribution is 2.24. The molecule has 2 amide bonds. The number of benzene rings is 1. The average Bonchev–Trinajstić information content (AvgIpc) is 3.26. The number of carbonyl (C=O) groups excluding carboxylic acids is 2. The summed E-state index contributed by atoms with van der Waals surface area (Å²) in [6.07, 6.45) is -1.11. The summed E-state index contributed by atoms with van der Waals surface area (Å²) in [5.74, 6) is -0.845. The van der Waals surface area contributed by atoms with E-state index >= 15 is 0 Å². The zero-order valence-electron chi connectivity index (χ0n) is 17.8. The predicted octanol–water partition coefficient (Wildman–Crippen LogP) is 2.95. The molecule has 8 nitrogen and oxygen atoms in total. The molecular weight excluding hydrogens is 461 g/mol. The Hall–Kier alpha value is -2.86. The van der Waals surface area contributed by atoms with Gasteiger partial charge in [-0.1, -0.05) is 6.42 Å². The second kappa shape index (κ2) is 11.8. The van der Waals surface area contributed by atoms with Gasteiger partial charge in [-0.05, 0) is 50.2 Å². The minimum Gasteiger partial charge on any atom is -0.484 e. The monoisotopic (exact) mass is 486 g/mol. The van der Waals surface area contributed by atoms with E-state index in [2.05, 4.69) is 25.3 Å². The number of likely N-dealkylation sites (tertiary alicyclic amines) is 1. The van der Waals surface area contributed by atoms with E-state index in [1.165, 1.54) is 42.7 Å². The van der Waals surface area contributed by atoms with Gasteiger partial charge >= 0.3 is 6.36 Å². The number of thiazole rings is 1. The molecule has 2 aromatic rings. The topological polar surface area (TPSA) is 92.8 Å². The SMILES string of the molecule is O=C(COc1ccc(OC(F)(F)F)cc1)NCc1nc(C(=O)NCCN2CCCCC2)cs1. The number of hydrogen-bond acceptors (Lipinski definition) is 7. The Morgan fingerprint density at radius 3 is 2.45 bits per heavy atom. The molecule has 2 N–H and O–H groups in total. The molecule has 0 spiro atoms. The summed E-state index contributed by atoms with van der Waals surface area (Å²) in [4.78, 5) is 30.8. The highest BCUT2D eigenvalue weighted by molar-refractivity contribution is 7.09. The zero-order chi connectivity index (χ0) is 23.7. The summed E-state index contributed by atoms with van der Waals surface area (Å²) in [5.41, 5.74) is 0.306. The first-order valence-electron chi connectivity index (χ1n) is 10.5. The number of rotatable bonds is 10.